The van der Waals surface area contributed by atoms with E-state index in [4.69, 9.17) is 4.74 Å². The lowest BCUT2D eigenvalue weighted by Gasteiger charge is -2.29. The average Bonchev–Trinajstić information content (AvgIpc) is 3.57. The number of methoxy groups -OCH3 is 1. The number of ether oxygens (including phenoxy) is 1. The van der Waals surface area contributed by atoms with E-state index in [1.807, 2.05) is 30.1 Å². The molecule has 1 fully saturated rings. The molecule has 1 atom stereocenters. The smallest absolute Gasteiger partial charge is 0.191 e. The molecule has 1 aromatic heterocycles. The van der Waals surface area contributed by atoms with E-state index >= 15 is 0 Å². The molecule has 0 radical (unpaired) electrons. The van der Waals surface area contributed by atoms with Gasteiger partial charge in [0.25, 0.3) is 0 Å². The summed E-state index contributed by atoms with van der Waals surface area (Å²) in [6.45, 7) is 3.73. The number of aromatic nitrogens is 2. The summed E-state index contributed by atoms with van der Waals surface area (Å²) in [5.74, 6) is 1.70. The van der Waals surface area contributed by atoms with Crippen molar-refractivity contribution >= 4 is 29.9 Å². The molecule has 0 amide bonds. The maximum absolute atomic E-state index is 5.45. The molecule has 4 rings (SSSR count). The fraction of sp³-hybridized carbons (Fsp3) is 0.360. The van der Waals surface area contributed by atoms with E-state index in [-0.39, 0.29) is 30.0 Å². The van der Waals surface area contributed by atoms with Gasteiger partial charge in [-0.1, -0.05) is 24.3 Å². The zero-order valence-corrected chi connectivity index (χ0v) is 21.6. The fourth-order valence-corrected chi connectivity index (χ4v) is 4.15. The van der Waals surface area contributed by atoms with Crippen LogP contribution in [0, 0.1) is 0 Å². The van der Waals surface area contributed by atoms with Crippen LogP contribution in [0.3, 0.4) is 0 Å². The number of halogens is 1. The molecule has 1 unspecified atom stereocenters. The summed E-state index contributed by atoms with van der Waals surface area (Å²) in [5.41, 5.74) is 3.50. The molecule has 0 saturated carbocycles. The highest BCUT2D eigenvalue weighted by atomic mass is 127. The number of rotatable bonds is 8. The Bertz CT molecular complexity index is 1000. The maximum Gasteiger partial charge on any atom is 0.191 e. The molecule has 0 aliphatic carbocycles. The summed E-state index contributed by atoms with van der Waals surface area (Å²) in [6, 6.07) is 19.0. The Hall–Kier alpha value is -2.59. The number of nitrogens with one attached hydrogen (secondary N) is 2. The van der Waals surface area contributed by atoms with Gasteiger partial charge in [0.05, 0.1) is 18.8 Å². The monoisotopic (exact) mass is 560 g/mol. The second-order valence-electron chi connectivity index (χ2n) is 7.96. The van der Waals surface area contributed by atoms with E-state index in [9.17, 15) is 0 Å². The van der Waals surface area contributed by atoms with Crippen LogP contribution in [0.2, 0.25) is 0 Å². The minimum atomic E-state index is 0. The van der Waals surface area contributed by atoms with Crippen LogP contribution in [0.1, 0.15) is 30.0 Å². The molecule has 2 aromatic carbocycles. The van der Waals surface area contributed by atoms with Crippen LogP contribution in [-0.2, 0) is 6.54 Å². The first kappa shape index (κ1) is 25.0. The molecular formula is C25H33IN6O. The van der Waals surface area contributed by atoms with Crippen molar-refractivity contribution in [3.8, 4) is 11.4 Å². The lowest BCUT2D eigenvalue weighted by atomic mass is 10.1. The molecule has 2 N–H and O–H groups in total. The molecule has 3 aromatic rings. The number of hydrogen-bond donors (Lipinski definition) is 2. The van der Waals surface area contributed by atoms with Gasteiger partial charge in [-0.15, -0.1) is 24.0 Å². The third-order valence-corrected chi connectivity index (χ3v) is 5.91. The Kier molecular flexibility index (Phi) is 9.56. The van der Waals surface area contributed by atoms with Crippen molar-refractivity contribution in [2.45, 2.75) is 25.4 Å². The van der Waals surface area contributed by atoms with E-state index < -0.39 is 0 Å². The summed E-state index contributed by atoms with van der Waals surface area (Å²) >= 11 is 0. The molecule has 8 heteroatoms. The Morgan fingerprint density at radius 2 is 1.88 bits per heavy atom. The topological polar surface area (TPSA) is 66.7 Å². The summed E-state index contributed by atoms with van der Waals surface area (Å²) in [4.78, 5) is 6.97. The van der Waals surface area contributed by atoms with E-state index in [0.717, 1.165) is 37.0 Å². The normalized spacial score (nSPS) is 15.0. The summed E-state index contributed by atoms with van der Waals surface area (Å²) in [6.07, 6.45) is 6.23. The minimum Gasteiger partial charge on any atom is -0.497 e. The van der Waals surface area contributed by atoms with Crippen molar-refractivity contribution in [2.75, 3.05) is 33.8 Å². The lowest BCUT2D eigenvalue weighted by Crippen LogP contribution is -2.42. The second kappa shape index (κ2) is 12.6. The van der Waals surface area contributed by atoms with Crippen LogP contribution in [0.4, 0.5) is 0 Å². The number of guanidine groups is 1. The highest BCUT2D eigenvalue weighted by molar-refractivity contribution is 14.0. The number of benzene rings is 2. The third-order valence-electron chi connectivity index (χ3n) is 5.91. The minimum absolute atomic E-state index is 0. The predicted octanol–water partition coefficient (Wildman–Crippen LogP) is 4.00. The summed E-state index contributed by atoms with van der Waals surface area (Å²) in [7, 11) is 3.53. The average molecular weight is 560 g/mol. The van der Waals surface area contributed by atoms with Crippen LogP contribution >= 0.6 is 24.0 Å². The van der Waals surface area contributed by atoms with Gasteiger partial charge >= 0.3 is 0 Å². The maximum atomic E-state index is 5.45. The number of likely N-dealkylation sites (tertiary alicyclic amines) is 1. The van der Waals surface area contributed by atoms with Gasteiger partial charge in [-0.2, -0.15) is 5.10 Å². The molecule has 7 nitrogen and oxygen atoms in total. The Labute approximate surface area is 213 Å². The van der Waals surface area contributed by atoms with E-state index in [1.165, 1.54) is 24.0 Å². The van der Waals surface area contributed by atoms with Crippen LogP contribution in [0.5, 0.6) is 5.75 Å². The third kappa shape index (κ3) is 6.70. The molecule has 1 aliphatic rings. The van der Waals surface area contributed by atoms with E-state index in [0.29, 0.717) is 6.54 Å². The highest BCUT2D eigenvalue weighted by Gasteiger charge is 2.24. The quantitative estimate of drug-likeness (QED) is 0.248. The molecule has 176 valence electrons. The van der Waals surface area contributed by atoms with Crippen molar-refractivity contribution in [2.24, 2.45) is 4.99 Å². The van der Waals surface area contributed by atoms with Crippen molar-refractivity contribution in [1.29, 1.82) is 0 Å². The van der Waals surface area contributed by atoms with Crippen LogP contribution in [-0.4, -0.2) is 54.4 Å². The number of hydrogen-bond acceptors (Lipinski definition) is 4. The summed E-state index contributed by atoms with van der Waals surface area (Å²) < 4.78 is 7.31. The van der Waals surface area contributed by atoms with Gasteiger partial charge in [-0.25, -0.2) is 4.68 Å². The standard InChI is InChI=1S/C25H32N6O.HI/c1-26-25(27-18-20-9-11-22(12-10-20)31-16-6-13-29-31)28-19-24(30-14-3-4-15-30)21-7-5-8-23(17-21)32-2;/h5-13,16-17,24H,3-4,14-15,18-19H2,1-2H3,(H2,26,27,28);1H. The first-order valence-corrected chi connectivity index (χ1v) is 11.2. The van der Waals surface area contributed by atoms with Crippen molar-refractivity contribution in [1.82, 2.24) is 25.3 Å². The first-order chi connectivity index (χ1) is 15.8. The van der Waals surface area contributed by atoms with Crippen LogP contribution in [0.15, 0.2) is 72.0 Å². The van der Waals surface area contributed by atoms with Gasteiger partial charge < -0.3 is 15.4 Å². The molecule has 0 bridgehead atoms. The largest absolute Gasteiger partial charge is 0.497 e. The van der Waals surface area contributed by atoms with Gasteiger partial charge in [0.2, 0.25) is 0 Å². The predicted molar refractivity (Wildman–Crippen MR) is 144 cm³/mol. The Balaban J connectivity index is 0.00000306. The molecule has 33 heavy (non-hydrogen) atoms. The Morgan fingerprint density at radius 3 is 2.55 bits per heavy atom. The second-order valence-corrected chi connectivity index (χ2v) is 7.96. The van der Waals surface area contributed by atoms with Gasteiger partial charge in [0.1, 0.15) is 5.75 Å². The van der Waals surface area contributed by atoms with Gasteiger partial charge in [0, 0.05) is 32.5 Å². The molecule has 1 saturated heterocycles. The lowest BCUT2D eigenvalue weighted by molar-refractivity contribution is 0.245. The van der Waals surface area contributed by atoms with Crippen molar-refractivity contribution in [3.63, 3.8) is 0 Å². The van der Waals surface area contributed by atoms with Gasteiger partial charge in [-0.3, -0.25) is 9.89 Å². The van der Waals surface area contributed by atoms with Crippen molar-refractivity contribution < 1.29 is 4.74 Å². The zero-order chi connectivity index (χ0) is 22.2. The van der Waals surface area contributed by atoms with Crippen LogP contribution < -0.4 is 15.4 Å². The van der Waals surface area contributed by atoms with Gasteiger partial charge in [-0.05, 0) is 67.4 Å². The Morgan fingerprint density at radius 1 is 1.09 bits per heavy atom. The number of nitrogens with zero attached hydrogens (tertiary/aromatic N) is 4. The summed E-state index contributed by atoms with van der Waals surface area (Å²) in [5, 5.41) is 11.2. The fourth-order valence-electron chi connectivity index (χ4n) is 4.15. The first-order valence-electron chi connectivity index (χ1n) is 11.2. The molecular weight excluding hydrogens is 527 g/mol. The van der Waals surface area contributed by atoms with Gasteiger partial charge in [0.15, 0.2) is 5.96 Å². The van der Waals surface area contributed by atoms with E-state index in [1.54, 1.807) is 13.3 Å². The van der Waals surface area contributed by atoms with E-state index in [2.05, 4.69) is 68.1 Å². The number of aliphatic imine (C=N–C) groups is 1. The van der Waals surface area contributed by atoms with Crippen LogP contribution in [0.25, 0.3) is 5.69 Å². The van der Waals surface area contributed by atoms with Crippen molar-refractivity contribution in [3.05, 3.63) is 78.1 Å². The highest BCUT2D eigenvalue weighted by Crippen LogP contribution is 2.27. The molecule has 2 heterocycles. The zero-order valence-electron chi connectivity index (χ0n) is 19.3. The molecule has 1 aliphatic heterocycles. The SMILES string of the molecule is CN=C(NCc1ccc(-n2cccn2)cc1)NCC(c1cccc(OC)c1)N1CCCC1.I. The molecule has 0 spiro atoms.